The third-order valence-electron chi connectivity index (χ3n) is 2.73. The molecule has 1 aromatic heterocycles. The first kappa shape index (κ1) is 16.0. The number of rotatable bonds is 4. The second-order valence-electron chi connectivity index (χ2n) is 4.32. The molecule has 0 atom stereocenters. The fourth-order valence-electron chi connectivity index (χ4n) is 1.87. The van der Waals surface area contributed by atoms with Crippen LogP contribution < -0.4 is 4.74 Å². The summed E-state index contributed by atoms with van der Waals surface area (Å²) in [5.74, 6) is 0.653. The molecule has 0 unspecified atom stereocenters. The summed E-state index contributed by atoms with van der Waals surface area (Å²) in [6, 6.07) is 5.44. The number of benzene rings is 1. The van der Waals surface area contributed by atoms with Gasteiger partial charge >= 0.3 is 0 Å². The number of thiophene rings is 1. The first-order valence-corrected chi connectivity index (χ1v) is 8.54. The number of carbonyl (C=O) groups is 1. The summed E-state index contributed by atoms with van der Waals surface area (Å²) >= 11 is 14.2. The van der Waals surface area contributed by atoms with Crippen molar-refractivity contribution in [1.82, 2.24) is 0 Å². The van der Waals surface area contributed by atoms with Crippen LogP contribution in [0.25, 0.3) is 0 Å². The number of carbonyl (C=O) groups excluding carboxylic acids is 1. The van der Waals surface area contributed by atoms with E-state index in [1.54, 1.807) is 6.07 Å². The zero-order chi connectivity index (χ0) is 14.9. The molecule has 0 bridgehead atoms. The molecule has 0 aliphatic heterocycles. The number of hydrogen-bond acceptors (Lipinski definition) is 3. The Hall–Kier alpha value is -0.360. The zero-order valence-corrected chi connectivity index (χ0v) is 15.5. The first-order valence-electron chi connectivity index (χ1n) is 5.76. The summed E-state index contributed by atoms with van der Waals surface area (Å²) in [5, 5.41) is 0.670. The SMILES string of the molecule is Cc1cc(Cl)cc(C)c1OCC(=O)c1cc(Br)sc1Br. The maximum Gasteiger partial charge on any atom is 0.202 e. The molecule has 20 heavy (non-hydrogen) atoms. The van der Waals surface area contributed by atoms with Crippen LogP contribution in [0.2, 0.25) is 5.02 Å². The molecular formula is C14H11Br2ClO2S. The lowest BCUT2D eigenvalue weighted by Gasteiger charge is -2.11. The Morgan fingerprint density at radius 1 is 1.25 bits per heavy atom. The van der Waals surface area contributed by atoms with Gasteiger partial charge in [-0.3, -0.25) is 4.79 Å². The smallest absolute Gasteiger partial charge is 0.202 e. The Kier molecular flexibility index (Phi) is 5.29. The van der Waals surface area contributed by atoms with Crippen LogP contribution in [0, 0.1) is 13.8 Å². The number of ketones is 1. The van der Waals surface area contributed by atoms with E-state index in [9.17, 15) is 4.79 Å². The zero-order valence-electron chi connectivity index (χ0n) is 10.8. The summed E-state index contributed by atoms with van der Waals surface area (Å²) in [7, 11) is 0. The molecule has 2 aromatic rings. The van der Waals surface area contributed by atoms with Crippen LogP contribution in [0.15, 0.2) is 25.8 Å². The van der Waals surface area contributed by atoms with E-state index >= 15 is 0 Å². The van der Waals surface area contributed by atoms with Gasteiger partial charge in [0, 0.05) is 10.6 Å². The maximum atomic E-state index is 12.1. The molecule has 1 aromatic carbocycles. The van der Waals surface area contributed by atoms with Crippen molar-refractivity contribution < 1.29 is 9.53 Å². The van der Waals surface area contributed by atoms with Crippen molar-refractivity contribution >= 4 is 60.6 Å². The van der Waals surface area contributed by atoms with Gasteiger partial charge in [-0.15, -0.1) is 11.3 Å². The Balaban J connectivity index is 2.13. The number of halogens is 3. The van der Waals surface area contributed by atoms with Crippen molar-refractivity contribution in [2.75, 3.05) is 6.61 Å². The molecular weight excluding hydrogens is 427 g/mol. The van der Waals surface area contributed by atoms with Crippen LogP contribution in [0.1, 0.15) is 21.5 Å². The molecule has 0 fully saturated rings. The average Bonchev–Trinajstić information content (AvgIpc) is 2.66. The van der Waals surface area contributed by atoms with Gasteiger partial charge in [0.25, 0.3) is 0 Å². The van der Waals surface area contributed by atoms with Gasteiger partial charge in [0.15, 0.2) is 6.61 Å². The van der Waals surface area contributed by atoms with Crippen LogP contribution in [-0.4, -0.2) is 12.4 Å². The predicted molar refractivity (Wildman–Crippen MR) is 90.5 cm³/mol. The van der Waals surface area contributed by atoms with Crippen LogP contribution >= 0.6 is 54.8 Å². The predicted octanol–water partition coefficient (Wildman–Crippen LogP) is 5.81. The molecule has 2 nitrogen and oxygen atoms in total. The van der Waals surface area contributed by atoms with Gasteiger partial charge < -0.3 is 4.74 Å². The molecule has 0 aliphatic rings. The molecule has 0 aliphatic carbocycles. The van der Waals surface area contributed by atoms with Gasteiger partial charge in [0.1, 0.15) is 5.75 Å². The van der Waals surface area contributed by atoms with Crippen LogP contribution in [0.5, 0.6) is 5.75 Å². The number of ether oxygens (including phenoxy) is 1. The second-order valence-corrected chi connectivity index (χ2v) is 8.50. The first-order chi connectivity index (χ1) is 9.38. The molecule has 6 heteroatoms. The lowest BCUT2D eigenvalue weighted by molar-refractivity contribution is 0.0920. The van der Waals surface area contributed by atoms with Crippen molar-refractivity contribution in [2.24, 2.45) is 0 Å². The highest BCUT2D eigenvalue weighted by atomic mass is 79.9. The van der Waals surface area contributed by atoms with E-state index in [0.29, 0.717) is 16.3 Å². The van der Waals surface area contributed by atoms with E-state index in [-0.39, 0.29) is 12.4 Å². The molecule has 0 spiro atoms. The number of Topliss-reactive ketones (excluding diaryl/α,β-unsaturated/α-hetero) is 1. The highest BCUT2D eigenvalue weighted by molar-refractivity contribution is 9.12. The van der Waals surface area contributed by atoms with E-state index in [1.807, 2.05) is 26.0 Å². The van der Waals surface area contributed by atoms with Crippen molar-refractivity contribution in [3.05, 3.63) is 47.5 Å². The topological polar surface area (TPSA) is 26.3 Å². The lowest BCUT2D eigenvalue weighted by atomic mass is 10.1. The summed E-state index contributed by atoms with van der Waals surface area (Å²) in [6.07, 6.45) is 0. The fourth-order valence-corrected chi connectivity index (χ4v) is 5.05. The number of hydrogen-bond donors (Lipinski definition) is 0. The van der Waals surface area contributed by atoms with Crippen LogP contribution in [-0.2, 0) is 0 Å². The third kappa shape index (κ3) is 3.64. The molecule has 106 valence electrons. The van der Waals surface area contributed by atoms with Gasteiger partial charge in [0.05, 0.1) is 7.57 Å². The number of aryl methyl sites for hydroxylation is 2. The van der Waals surface area contributed by atoms with Crippen molar-refractivity contribution in [2.45, 2.75) is 13.8 Å². The van der Waals surface area contributed by atoms with Gasteiger partial charge in [-0.25, -0.2) is 0 Å². The van der Waals surface area contributed by atoms with Crippen molar-refractivity contribution in [3.63, 3.8) is 0 Å². The molecule has 0 saturated heterocycles. The maximum absolute atomic E-state index is 12.1. The molecule has 0 amide bonds. The molecule has 0 N–H and O–H groups in total. The largest absolute Gasteiger partial charge is 0.485 e. The molecule has 2 rings (SSSR count). The van der Waals surface area contributed by atoms with E-state index < -0.39 is 0 Å². The van der Waals surface area contributed by atoms with Gasteiger partial charge in [-0.05, 0) is 75.0 Å². The summed E-state index contributed by atoms with van der Waals surface area (Å²) < 4.78 is 7.38. The minimum Gasteiger partial charge on any atom is -0.485 e. The monoisotopic (exact) mass is 436 g/mol. The standard InChI is InChI=1S/C14H11Br2ClO2S/c1-7-3-9(17)4-8(2)13(7)19-6-11(18)10-5-12(15)20-14(10)16/h3-5H,6H2,1-2H3. The molecule has 0 radical (unpaired) electrons. The Bertz CT molecular complexity index is 644. The van der Waals surface area contributed by atoms with E-state index in [4.69, 9.17) is 16.3 Å². The highest BCUT2D eigenvalue weighted by Gasteiger charge is 2.15. The van der Waals surface area contributed by atoms with E-state index in [2.05, 4.69) is 31.9 Å². The van der Waals surface area contributed by atoms with E-state index in [0.717, 1.165) is 18.7 Å². The Morgan fingerprint density at radius 2 is 1.85 bits per heavy atom. The van der Waals surface area contributed by atoms with Gasteiger partial charge in [-0.2, -0.15) is 0 Å². The van der Waals surface area contributed by atoms with Gasteiger partial charge in [-0.1, -0.05) is 11.6 Å². The summed E-state index contributed by atoms with van der Waals surface area (Å²) in [6.45, 7) is 3.83. The second kappa shape index (κ2) is 6.60. The minimum absolute atomic E-state index is 0.00505. The molecule has 0 saturated carbocycles. The van der Waals surface area contributed by atoms with Gasteiger partial charge in [0.2, 0.25) is 5.78 Å². The third-order valence-corrected chi connectivity index (χ3v) is 5.29. The lowest BCUT2D eigenvalue weighted by Crippen LogP contribution is -2.12. The fraction of sp³-hybridized carbons (Fsp3) is 0.214. The summed E-state index contributed by atoms with van der Waals surface area (Å²) in [4.78, 5) is 12.1. The van der Waals surface area contributed by atoms with Crippen LogP contribution in [0.3, 0.4) is 0 Å². The van der Waals surface area contributed by atoms with E-state index in [1.165, 1.54) is 11.3 Å². The molecule has 1 heterocycles. The van der Waals surface area contributed by atoms with Crippen molar-refractivity contribution in [1.29, 1.82) is 0 Å². The Morgan fingerprint density at radius 3 is 2.35 bits per heavy atom. The minimum atomic E-state index is -0.0624. The van der Waals surface area contributed by atoms with Crippen molar-refractivity contribution in [3.8, 4) is 5.75 Å². The normalized spacial score (nSPS) is 10.7. The summed E-state index contributed by atoms with van der Waals surface area (Å²) in [5.41, 5.74) is 2.48. The quantitative estimate of drug-likeness (QED) is 0.564. The van der Waals surface area contributed by atoms with Crippen LogP contribution in [0.4, 0.5) is 0 Å². The Labute approximate surface area is 143 Å². The highest BCUT2D eigenvalue weighted by Crippen LogP contribution is 2.32. The average molecular weight is 439 g/mol.